The molecule has 0 spiro atoms. The van der Waals surface area contributed by atoms with E-state index in [2.05, 4.69) is 72.4 Å². The van der Waals surface area contributed by atoms with E-state index in [-0.39, 0.29) is 11.8 Å². The molecule has 0 radical (unpaired) electrons. The highest BCUT2D eigenvalue weighted by Gasteiger charge is 2.14. The van der Waals surface area contributed by atoms with Crippen LogP contribution in [0.3, 0.4) is 0 Å². The van der Waals surface area contributed by atoms with Crippen LogP contribution in [0, 0.1) is 0 Å². The van der Waals surface area contributed by atoms with E-state index >= 15 is 0 Å². The van der Waals surface area contributed by atoms with Crippen molar-refractivity contribution >= 4 is 23.5 Å². The number of hydrogen-bond donors (Lipinski definition) is 2. The van der Waals surface area contributed by atoms with Crippen molar-refractivity contribution in [3.05, 3.63) is 47.0 Å². The molecule has 1 aromatic carbocycles. The number of nitrogens with zero attached hydrogens (tertiary/aromatic N) is 6. The maximum atomic E-state index is 6.09. The van der Waals surface area contributed by atoms with Crippen LogP contribution in [0.1, 0.15) is 62.3 Å². The first kappa shape index (κ1) is 20.5. The maximum Gasteiger partial charge on any atom is 0.210 e. The lowest BCUT2D eigenvalue weighted by Crippen LogP contribution is -2.15. The Morgan fingerprint density at radius 2 is 1.21 bits per heavy atom. The molecule has 150 valence electrons. The molecule has 0 aliphatic heterocycles. The van der Waals surface area contributed by atoms with Crippen LogP contribution in [0.2, 0.25) is 0 Å². The summed E-state index contributed by atoms with van der Waals surface area (Å²) in [5, 5.41) is 18.2. The van der Waals surface area contributed by atoms with Crippen LogP contribution in [0.5, 0.6) is 0 Å². The summed E-state index contributed by atoms with van der Waals surface area (Å²) < 4.78 is 3.16. The number of benzene rings is 1. The van der Waals surface area contributed by atoms with E-state index in [1.165, 1.54) is 11.1 Å². The summed E-state index contributed by atoms with van der Waals surface area (Å²) in [5.74, 6) is 15.8. The van der Waals surface area contributed by atoms with E-state index in [0.717, 1.165) is 33.5 Å². The fraction of sp³-hybridized carbons (Fsp3) is 0.444. The van der Waals surface area contributed by atoms with E-state index < -0.39 is 0 Å². The van der Waals surface area contributed by atoms with E-state index in [0.29, 0.717) is 0 Å². The van der Waals surface area contributed by atoms with Crippen LogP contribution < -0.4 is 11.7 Å². The van der Waals surface area contributed by atoms with E-state index in [1.54, 1.807) is 32.9 Å². The fourth-order valence-electron chi connectivity index (χ4n) is 2.67. The van der Waals surface area contributed by atoms with Crippen molar-refractivity contribution in [1.82, 2.24) is 29.7 Å². The Hall–Kier alpha value is -2.20. The second kappa shape index (κ2) is 8.87. The monoisotopic (exact) mass is 418 g/mol. The standard InChI is InChI=1S/C18H26N8S2/c1-11(2)15-21-23-17(25(15)19)27-9-13-6-5-7-14(8-13)10-28-18-24-22-16(12(3)4)26(18)20/h5-8,11-12H,9-10,19-20H2,1-4H3. The van der Waals surface area contributed by atoms with Crippen molar-refractivity contribution in [1.29, 1.82) is 0 Å². The van der Waals surface area contributed by atoms with Gasteiger partial charge in [0, 0.05) is 23.3 Å². The van der Waals surface area contributed by atoms with Gasteiger partial charge in [-0.05, 0) is 11.1 Å². The molecule has 0 aliphatic rings. The molecule has 0 fully saturated rings. The molecule has 0 amide bonds. The van der Waals surface area contributed by atoms with Gasteiger partial charge in [0.2, 0.25) is 10.3 Å². The molecule has 0 bridgehead atoms. The zero-order valence-corrected chi connectivity index (χ0v) is 18.2. The van der Waals surface area contributed by atoms with Crippen LogP contribution in [-0.4, -0.2) is 29.7 Å². The normalized spacial score (nSPS) is 11.6. The molecule has 0 aliphatic carbocycles. The molecule has 8 nitrogen and oxygen atoms in total. The topological polar surface area (TPSA) is 113 Å². The summed E-state index contributed by atoms with van der Waals surface area (Å²) in [6.45, 7) is 8.20. The van der Waals surface area contributed by atoms with Gasteiger partial charge in [0.1, 0.15) is 0 Å². The molecule has 0 saturated carbocycles. The Bertz CT molecular complexity index is 860. The average Bonchev–Trinajstić information content (AvgIpc) is 3.21. The van der Waals surface area contributed by atoms with E-state index in [4.69, 9.17) is 11.7 Å². The van der Waals surface area contributed by atoms with Crippen LogP contribution in [0.25, 0.3) is 0 Å². The minimum atomic E-state index is 0.244. The summed E-state index contributed by atoms with van der Waals surface area (Å²) in [7, 11) is 0. The molecule has 2 heterocycles. The van der Waals surface area contributed by atoms with Crippen LogP contribution in [0.4, 0.5) is 0 Å². The van der Waals surface area contributed by atoms with Crippen LogP contribution in [-0.2, 0) is 11.5 Å². The Morgan fingerprint density at radius 3 is 1.57 bits per heavy atom. The lowest BCUT2D eigenvalue weighted by molar-refractivity contribution is 0.712. The number of rotatable bonds is 8. The predicted molar refractivity (Wildman–Crippen MR) is 114 cm³/mol. The lowest BCUT2D eigenvalue weighted by Gasteiger charge is -2.07. The van der Waals surface area contributed by atoms with Crippen LogP contribution in [0.15, 0.2) is 34.6 Å². The number of nitrogens with two attached hydrogens (primary N) is 2. The third-order valence-corrected chi connectivity index (χ3v) is 6.17. The van der Waals surface area contributed by atoms with Gasteiger partial charge in [-0.1, -0.05) is 75.5 Å². The van der Waals surface area contributed by atoms with Gasteiger partial charge >= 0.3 is 0 Å². The van der Waals surface area contributed by atoms with Crippen molar-refractivity contribution in [2.45, 2.75) is 61.3 Å². The highest BCUT2D eigenvalue weighted by atomic mass is 32.2. The summed E-state index contributed by atoms with van der Waals surface area (Å²) >= 11 is 3.16. The summed E-state index contributed by atoms with van der Waals surface area (Å²) in [6.07, 6.45) is 0. The molecule has 3 aromatic rings. The van der Waals surface area contributed by atoms with Gasteiger partial charge in [-0.25, -0.2) is 9.35 Å². The molecule has 2 aromatic heterocycles. The summed E-state index contributed by atoms with van der Waals surface area (Å²) in [4.78, 5) is 0. The predicted octanol–water partition coefficient (Wildman–Crippen LogP) is 3.13. The second-order valence-electron chi connectivity index (χ2n) is 7.13. The summed E-state index contributed by atoms with van der Waals surface area (Å²) in [6, 6.07) is 8.44. The van der Waals surface area contributed by atoms with Gasteiger partial charge in [0.05, 0.1) is 0 Å². The molecule has 0 saturated heterocycles. The minimum absolute atomic E-state index is 0.244. The molecular formula is C18H26N8S2. The van der Waals surface area contributed by atoms with Crippen molar-refractivity contribution < 1.29 is 0 Å². The van der Waals surface area contributed by atoms with Crippen LogP contribution >= 0.6 is 23.5 Å². The SMILES string of the molecule is CC(C)c1nnc(SCc2cccc(CSc3nnc(C(C)C)n3N)c2)n1N. The highest BCUT2D eigenvalue weighted by Crippen LogP contribution is 2.26. The number of nitrogen functional groups attached to an aromatic ring is 2. The maximum absolute atomic E-state index is 6.09. The van der Waals surface area contributed by atoms with Crippen molar-refractivity contribution in [2.24, 2.45) is 0 Å². The molecule has 4 N–H and O–H groups in total. The molecule has 10 heteroatoms. The van der Waals surface area contributed by atoms with Gasteiger partial charge in [0.15, 0.2) is 11.6 Å². The quantitative estimate of drug-likeness (QED) is 0.424. The first-order chi connectivity index (χ1) is 13.4. The molecule has 28 heavy (non-hydrogen) atoms. The zero-order valence-electron chi connectivity index (χ0n) is 16.5. The van der Waals surface area contributed by atoms with Gasteiger partial charge in [-0.2, -0.15) is 0 Å². The van der Waals surface area contributed by atoms with E-state index in [9.17, 15) is 0 Å². The largest absolute Gasteiger partial charge is 0.336 e. The van der Waals surface area contributed by atoms with Crippen molar-refractivity contribution in [2.75, 3.05) is 11.7 Å². The third kappa shape index (κ3) is 4.61. The first-order valence-corrected chi connectivity index (χ1v) is 11.1. The number of thioether (sulfide) groups is 2. The number of aromatic nitrogens is 6. The highest BCUT2D eigenvalue weighted by molar-refractivity contribution is 7.98. The van der Waals surface area contributed by atoms with Crippen molar-refractivity contribution in [3.63, 3.8) is 0 Å². The number of hydrogen-bond acceptors (Lipinski definition) is 8. The average molecular weight is 419 g/mol. The molecule has 0 atom stereocenters. The van der Waals surface area contributed by atoms with Gasteiger partial charge in [-0.15, -0.1) is 20.4 Å². The third-order valence-electron chi connectivity index (χ3n) is 4.14. The smallest absolute Gasteiger partial charge is 0.210 e. The van der Waals surface area contributed by atoms with Gasteiger partial charge < -0.3 is 11.7 Å². The minimum Gasteiger partial charge on any atom is -0.336 e. The van der Waals surface area contributed by atoms with Gasteiger partial charge in [0.25, 0.3) is 0 Å². The molecular weight excluding hydrogens is 392 g/mol. The Kier molecular flexibility index (Phi) is 6.50. The molecule has 0 unspecified atom stereocenters. The Labute approximate surface area is 173 Å². The van der Waals surface area contributed by atoms with Gasteiger partial charge in [-0.3, -0.25) is 0 Å². The Balaban J connectivity index is 1.61. The molecule has 3 rings (SSSR count). The van der Waals surface area contributed by atoms with E-state index in [1.807, 2.05) is 0 Å². The second-order valence-corrected chi connectivity index (χ2v) is 9.01. The first-order valence-electron chi connectivity index (χ1n) is 9.11. The lowest BCUT2D eigenvalue weighted by atomic mass is 10.2. The fourth-order valence-corrected chi connectivity index (χ4v) is 4.28. The summed E-state index contributed by atoms with van der Waals surface area (Å²) in [5.41, 5.74) is 2.41. The zero-order chi connectivity index (χ0) is 20.3. The van der Waals surface area contributed by atoms with Crippen molar-refractivity contribution in [3.8, 4) is 0 Å². The Morgan fingerprint density at radius 1 is 0.786 bits per heavy atom.